The molecule has 0 radical (unpaired) electrons. The number of thioether (sulfide) groups is 1. The topological polar surface area (TPSA) is 77.8 Å². The van der Waals surface area contributed by atoms with Crippen LogP contribution in [0.4, 0.5) is 24.7 Å². The maximum atomic E-state index is 13.2. The highest BCUT2D eigenvalue weighted by Gasteiger charge is 2.35. The van der Waals surface area contributed by atoms with E-state index in [0.29, 0.717) is 5.56 Å². The Labute approximate surface area is 144 Å². The molecule has 126 valence electrons. The van der Waals surface area contributed by atoms with E-state index in [1.165, 1.54) is 23.1 Å². The molecule has 0 aliphatic rings. The highest BCUT2D eigenvalue weighted by Crippen LogP contribution is 2.37. The molecule has 1 aromatic carbocycles. The van der Waals surface area contributed by atoms with Crippen LogP contribution in [-0.2, 0) is 12.6 Å². The SMILES string of the molecule is CSc1nc2ccc(Cc3c(C(F)(F)F)cnc(N)c3N)cc2s1. The van der Waals surface area contributed by atoms with Crippen molar-refractivity contribution in [3.8, 4) is 0 Å². The minimum Gasteiger partial charge on any atom is -0.396 e. The Balaban J connectivity index is 2.06. The van der Waals surface area contributed by atoms with Gasteiger partial charge < -0.3 is 11.5 Å². The second-order valence-electron chi connectivity index (χ2n) is 5.11. The van der Waals surface area contributed by atoms with E-state index < -0.39 is 11.7 Å². The summed E-state index contributed by atoms with van der Waals surface area (Å²) in [5, 5.41) is 0. The van der Waals surface area contributed by atoms with Gasteiger partial charge >= 0.3 is 6.18 Å². The van der Waals surface area contributed by atoms with Gasteiger partial charge in [0.25, 0.3) is 0 Å². The van der Waals surface area contributed by atoms with E-state index in [9.17, 15) is 13.2 Å². The van der Waals surface area contributed by atoms with Gasteiger partial charge in [0, 0.05) is 12.6 Å². The minimum atomic E-state index is -4.54. The molecule has 0 bridgehead atoms. The van der Waals surface area contributed by atoms with Gasteiger partial charge in [-0.05, 0) is 29.5 Å². The number of benzene rings is 1. The van der Waals surface area contributed by atoms with Gasteiger partial charge in [-0.15, -0.1) is 11.3 Å². The molecule has 4 N–H and O–H groups in total. The van der Waals surface area contributed by atoms with Crippen molar-refractivity contribution in [2.45, 2.75) is 16.9 Å². The zero-order valence-electron chi connectivity index (χ0n) is 12.5. The lowest BCUT2D eigenvalue weighted by molar-refractivity contribution is -0.138. The average molecular weight is 370 g/mol. The molecule has 0 atom stereocenters. The maximum absolute atomic E-state index is 13.2. The van der Waals surface area contributed by atoms with Crippen molar-refractivity contribution in [1.29, 1.82) is 0 Å². The largest absolute Gasteiger partial charge is 0.418 e. The van der Waals surface area contributed by atoms with Crippen molar-refractivity contribution in [1.82, 2.24) is 9.97 Å². The molecule has 0 unspecified atom stereocenters. The Morgan fingerprint density at radius 2 is 2.00 bits per heavy atom. The predicted molar refractivity (Wildman–Crippen MR) is 92.3 cm³/mol. The number of nitrogens with zero attached hydrogens (tertiary/aromatic N) is 2. The molecule has 0 saturated heterocycles. The predicted octanol–water partition coefficient (Wildman–Crippen LogP) is 4.19. The van der Waals surface area contributed by atoms with E-state index in [0.717, 1.165) is 20.8 Å². The summed E-state index contributed by atoms with van der Waals surface area (Å²) in [6, 6.07) is 5.39. The van der Waals surface area contributed by atoms with E-state index in [-0.39, 0.29) is 23.5 Å². The lowest BCUT2D eigenvalue weighted by atomic mass is 9.99. The van der Waals surface area contributed by atoms with E-state index in [1.54, 1.807) is 12.1 Å². The fourth-order valence-electron chi connectivity index (χ4n) is 2.37. The number of rotatable bonds is 3. The minimum absolute atomic E-state index is 0.0236. The number of hydrogen-bond donors (Lipinski definition) is 2. The van der Waals surface area contributed by atoms with Crippen LogP contribution >= 0.6 is 23.1 Å². The van der Waals surface area contributed by atoms with Crippen LogP contribution < -0.4 is 11.5 Å². The molecule has 4 nitrogen and oxygen atoms in total. The number of thiazole rings is 1. The third-order valence-corrected chi connectivity index (χ3v) is 5.56. The summed E-state index contributed by atoms with van der Waals surface area (Å²) in [6.45, 7) is 0. The smallest absolute Gasteiger partial charge is 0.396 e. The fourth-order valence-corrected chi connectivity index (χ4v) is 3.92. The zero-order valence-corrected chi connectivity index (χ0v) is 14.1. The number of halogens is 3. The number of alkyl halides is 3. The lowest BCUT2D eigenvalue weighted by Crippen LogP contribution is -2.14. The summed E-state index contributed by atoms with van der Waals surface area (Å²) in [7, 11) is 0. The van der Waals surface area contributed by atoms with E-state index in [2.05, 4.69) is 9.97 Å². The van der Waals surface area contributed by atoms with Gasteiger partial charge in [0.15, 0.2) is 4.34 Å². The van der Waals surface area contributed by atoms with E-state index >= 15 is 0 Å². The summed E-state index contributed by atoms with van der Waals surface area (Å²) in [6.07, 6.45) is -1.85. The van der Waals surface area contributed by atoms with Crippen molar-refractivity contribution in [3.63, 3.8) is 0 Å². The monoisotopic (exact) mass is 370 g/mol. The summed E-state index contributed by atoms with van der Waals surface area (Å²) in [4.78, 5) is 7.95. The van der Waals surface area contributed by atoms with Gasteiger partial charge in [0.1, 0.15) is 5.82 Å². The summed E-state index contributed by atoms with van der Waals surface area (Å²) >= 11 is 3.03. The van der Waals surface area contributed by atoms with Crippen molar-refractivity contribution in [2.24, 2.45) is 0 Å². The van der Waals surface area contributed by atoms with Crippen LogP contribution in [0.1, 0.15) is 16.7 Å². The number of anilines is 2. The molecule has 9 heteroatoms. The van der Waals surface area contributed by atoms with Crippen molar-refractivity contribution in [2.75, 3.05) is 17.7 Å². The van der Waals surface area contributed by atoms with Crippen LogP contribution in [0.2, 0.25) is 0 Å². The molecule has 3 rings (SSSR count). The van der Waals surface area contributed by atoms with Gasteiger partial charge in [0.05, 0.1) is 21.5 Å². The maximum Gasteiger partial charge on any atom is 0.418 e. The van der Waals surface area contributed by atoms with Crippen LogP contribution in [0.25, 0.3) is 10.2 Å². The first-order valence-corrected chi connectivity index (χ1v) is 8.87. The van der Waals surface area contributed by atoms with E-state index in [4.69, 9.17) is 11.5 Å². The van der Waals surface area contributed by atoms with Crippen LogP contribution in [0.5, 0.6) is 0 Å². The highest BCUT2D eigenvalue weighted by molar-refractivity contribution is 8.00. The highest BCUT2D eigenvalue weighted by atomic mass is 32.2. The normalized spacial score (nSPS) is 12.0. The summed E-state index contributed by atoms with van der Waals surface area (Å²) in [5.41, 5.74) is 11.8. The lowest BCUT2D eigenvalue weighted by Gasteiger charge is -2.15. The van der Waals surface area contributed by atoms with Crippen LogP contribution in [-0.4, -0.2) is 16.2 Å². The first kappa shape index (κ1) is 16.8. The van der Waals surface area contributed by atoms with Gasteiger partial charge in [-0.1, -0.05) is 17.8 Å². The number of hydrogen-bond acceptors (Lipinski definition) is 6. The molecule has 0 amide bonds. The Bertz CT molecular complexity index is 906. The molecule has 0 fully saturated rings. The number of pyridine rings is 1. The Morgan fingerprint density at radius 1 is 1.25 bits per heavy atom. The summed E-state index contributed by atoms with van der Waals surface area (Å²) < 4.78 is 41.5. The number of aromatic nitrogens is 2. The molecule has 0 aliphatic heterocycles. The molecular weight excluding hydrogens is 357 g/mol. The van der Waals surface area contributed by atoms with Crippen molar-refractivity contribution < 1.29 is 13.2 Å². The Hall–Kier alpha value is -2.00. The van der Waals surface area contributed by atoms with Crippen LogP contribution in [0, 0.1) is 0 Å². The first-order chi connectivity index (χ1) is 11.3. The standard InChI is InChI=1S/C15H13F3N4S2/c1-23-14-22-10-3-2-7(5-11(10)24-14)4-8-9(15(16,17)18)6-21-13(20)12(8)19/h2-3,5-6H,4,19H2,1H3,(H2,20,21). The van der Waals surface area contributed by atoms with E-state index in [1.807, 2.05) is 12.3 Å². The quantitative estimate of drug-likeness (QED) is 0.676. The average Bonchev–Trinajstić information content (AvgIpc) is 2.93. The fraction of sp³-hybridized carbons (Fsp3) is 0.200. The number of nitrogens with two attached hydrogens (primary N) is 2. The molecule has 2 aromatic heterocycles. The third-order valence-electron chi connectivity index (χ3n) is 3.55. The zero-order chi connectivity index (χ0) is 17.5. The number of fused-ring (bicyclic) bond motifs is 1. The number of nitrogen functional groups attached to an aromatic ring is 2. The molecule has 24 heavy (non-hydrogen) atoms. The molecular formula is C15H13F3N4S2. The Kier molecular flexibility index (Phi) is 4.31. The molecule has 0 aliphatic carbocycles. The molecule has 0 spiro atoms. The van der Waals surface area contributed by atoms with Crippen molar-refractivity contribution in [3.05, 3.63) is 41.1 Å². The van der Waals surface area contributed by atoms with Gasteiger partial charge in [0.2, 0.25) is 0 Å². The van der Waals surface area contributed by atoms with Gasteiger partial charge in [-0.3, -0.25) is 0 Å². The molecule has 2 heterocycles. The molecule has 3 aromatic rings. The van der Waals surface area contributed by atoms with Crippen molar-refractivity contribution >= 4 is 44.8 Å². The van der Waals surface area contributed by atoms with Crippen LogP contribution in [0.15, 0.2) is 28.7 Å². The first-order valence-electron chi connectivity index (χ1n) is 6.83. The third kappa shape index (κ3) is 3.13. The summed E-state index contributed by atoms with van der Waals surface area (Å²) in [5.74, 6) is -0.0958. The Morgan fingerprint density at radius 3 is 2.67 bits per heavy atom. The van der Waals surface area contributed by atoms with Gasteiger partial charge in [-0.25, -0.2) is 9.97 Å². The second kappa shape index (κ2) is 6.14. The second-order valence-corrected chi connectivity index (χ2v) is 7.19. The van der Waals surface area contributed by atoms with Gasteiger partial charge in [-0.2, -0.15) is 13.2 Å². The molecule has 0 saturated carbocycles. The van der Waals surface area contributed by atoms with Crippen LogP contribution in [0.3, 0.4) is 0 Å².